The van der Waals surface area contributed by atoms with E-state index in [4.69, 9.17) is 0 Å². The van der Waals surface area contributed by atoms with Crippen LogP contribution in [-0.4, -0.2) is 0 Å². The predicted octanol–water partition coefficient (Wildman–Crippen LogP) is 3.71. The molecule has 0 amide bonds. The van der Waals surface area contributed by atoms with Gasteiger partial charge in [-0.25, -0.2) is 0 Å². The van der Waals surface area contributed by atoms with Gasteiger partial charge >= 0.3 is 0 Å². The van der Waals surface area contributed by atoms with Gasteiger partial charge in [0, 0.05) is 0 Å². The molecular weight excluding hydrogens is 208 g/mol. The van der Waals surface area contributed by atoms with Crippen molar-refractivity contribution in [1.82, 2.24) is 0 Å². The lowest BCUT2D eigenvalue weighted by Crippen LogP contribution is -1.90. The van der Waals surface area contributed by atoms with Crippen molar-refractivity contribution in [1.29, 1.82) is 0 Å². The minimum atomic E-state index is 0.765. The number of halogens is 1. The topological polar surface area (TPSA) is 0 Å². The fraction of sp³-hybridized carbons (Fsp3) is 0.500. The molecule has 0 radical (unpaired) electrons. The fourth-order valence-corrected chi connectivity index (χ4v) is 2.15. The van der Waals surface area contributed by atoms with Crippen molar-refractivity contribution >= 4 is 27.3 Å². The van der Waals surface area contributed by atoms with E-state index in [0.717, 1.165) is 5.92 Å². The third kappa shape index (κ3) is 2.43. The molecule has 0 bridgehead atoms. The number of thiophene rings is 1. The average molecular weight is 219 g/mol. The zero-order valence-electron chi connectivity index (χ0n) is 6.23. The SMILES string of the molecule is CC(C)Cc1csc(Br)c1. The molecular formula is C8H11BrS. The number of hydrogen-bond donors (Lipinski definition) is 0. The standard InChI is InChI=1S/C8H11BrS/c1-6(2)3-7-4-8(9)10-5-7/h4-6H,3H2,1-2H3. The minimum Gasteiger partial charge on any atom is -0.137 e. The Kier molecular flexibility index (Phi) is 2.93. The molecule has 0 atom stereocenters. The molecule has 0 fully saturated rings. The van der Waals surface area contributed by atoms with Crippen molar-refractivity contribution in [2.24, 2.45) is 5.92 Å². The van der Waals surface area contributed by atoms with Crippen molar-refractivity contribution < 1.29 is 0 Å². The van der Waals surface area contributed by atoms with E-state index in [9.17, 15) is 0 Å². The molecule has 0 saturated heterocycles. The Labute approximate surface area is 74.4 Å². The first-order chi connectivity index (χ1) is 4.68. The first kappa shape index (κ1) is 8.28. The molecule has 56 valence electrons. The first-order valence-electron chi connectivity index (χ1n) is 3.41. The van der Waals surface area contributed by atoms with Crippen LogP contribution in [0.3, 0.4) is 0 Å². The normalized spacial score (nSPS) is 10.8. The molecule has 0 aliphatic heterocycles. The second-order valence-electron chi connectivity index (χ2n) is 2.86. The van der Waals surface area contributed by atoms with Gasteiger partial charge in [0.15, 0.2) is 0 Å². The molecule has 10 heavy (non-hydrogen) atoms. The Balaban J connectivity index is 2.58. The summed E-state index contributed by atoms with van der Waals surface area (Å²) in [7, 11) is 0. The van der Waals surface area contributed by atoms with Crippen LogP contribution in [-0.2, 0) is 6.42 Å². The highest BCUT2D eigenvalue weighted by Crippen LogP contribution is 2.22. The van der Waals surface area contributed by atoms with Gasteiger partial charge in [-0.3, -0.25) is 0 Å². The van der Waals surface area contributed by atoms with Crippen LogP contribution in [0.1, 0.15) is 19.4 Å². The summed E-state index contributed by atoms with van der Waals surface area (Å²) in [4.78, 5) is 0. The van der Waals surface area contributed by atoms with E-state index in [1.165, 1.54) is 15.8 Å². The molecule has 0 saturated carbocycles. The van der Waals surface area contributed by atoms with E-state index in [2.05, 4.69) is 41.2 Å². The Bertz CT molecular complexity index is 203. The van der Waals surface area contributed by atoms with E-state index in [1.807, 2.05) is 0 Å². The van der Waals surface area contributed by atoms with Crippen LogP contribution < -0.4 is 0 Å². The highest BCUT2D eigenvalue weighted by molar-refractivity contribution is 9.11. The van der Waals surface area contributed by atoms with Crippen molar-refractivity contribution in [3.8, 4) is 0 Å². The van der Waals surface area contributed by atoms with Crippen LogP contribution in [0.5, 0.6) is 0 Å². The van der Waals surface area contributed by atoms with Crippen LogP contribution in [0, 0.1) is 5.92 Å². The summed E-state index contributed by atoms with van der Waals surface area (Å²) in [5.41, 5.74) is 1.45. The van der Waals surface area contributed by atoms with Crippen molar-refractivity contribution in [3.05, 3.63) is 20.8 Å². The zero-order chi connectivity index (χ0) is 7.56. The molecule has 0 spiro atoms. The Morgan fingerprint density at radius 2 is 2.30 bits per heavy atom. The van der Waals surface area contributed by atoms with Crippen LogP contribution in [0.25, 0.3) is 0 Å². The lowest BCUT2D eigenvalue weighted by molar-refractivity contribution is 0.648. The second-order valence-corrected chi connectivity index (χ2v) is 5.15. The van der Waals surface area contributed by atoms with Gasteiger partial charge in [-0.05, 0) is 45.3 Å². The van der Waals surface area contributed by atoms with E-state index in [0.29, 0.717) is 0 Å². The van der Waals surface area contributed by atoms with Crippen molar-refractivity contribution in [2.45, 2.75) is 20.3 Å². The van der Waals surface area contributed by atoms with Crippen LogP contribution in [0.15, 0.2) is 15.2 Å². The molecule has 1 aromatic heterocycles. The van der Waals surface area contributed by atoms with Gasteiger partial charge in [-0.2, -0.15) is 0 Å². The average Bonchev–Trinajstić information content (AvgIpc) is 2.13. The fourth-order valence-electron chi connectivity index (χ4n) is 0.924. The second kappa shape index (κ2) is 3.54. The van der Waals surface area contributed by atoms with Crippen molar-refractivity contribution in [2.75, 3.05) is 0 Å². The third-order valence-electron chi connectivity index (χ3n) is 1.27. The van der Waals surface area contributed by atoms with Crippen LogP contribution in [0.2, 0.25) is 0 Å². The summed E-state index contributed by atoms with van der Waals surface area (Å²) in [5, 5.41) is 2.21. The van der Waals surface area contributed by atoms with Crippen molar-refractivity contribution in [3.63, 3.8) is 0 Å². The summed E-state index contributed by atoms with van der Waals surface area (Å²) in [5.74, 6) is 0.765. The highest BCUT2D eigenvalue weighted by atomic mass is 79.9. The molecule has 0 nitrogen and oxygen atoms in total. The molecule has 0 aliphatic carbocycles. The van der Waals surface area contributed by atoms with E-state index >= 15 is 0 Å². The largest absolute Gasteiger partial charge is 0.137 e. The molecule has 1 rings (SSSR count). The maximum Gasteiger partial charge on any atom is 0.0701 e. The van der Waals surface area contributed by atoms with E-state index in [-0.39, 0.29) is 0 Å². The Morgan fingerprint density at radius 1 is 1.60 bits per heavy atom. The maximum absolute atomic E-state index is 3.44. The Hall–Kier alpha value is 0.180. The molecule has 0 unspecified atom stereocenters. The number of hydrogen-bond acceptors (Lipinski definition) is 1. The molecule has 1 heterocycles. The van der Waals surface area contributed by atoms with Crippen LogP contribution in [0.4, 0.5) is 0 Å². The van der Waals surface area contributed by atoms with Gasteiger partial charge < -0.3 is 0 Å². The quantitative estimate of drug-likeness (QED) is 0.711. The maximum atomic E-state index is 3.44. The first-order valence-corrected chi connectivity index (χ1v) is 5.08. The van der Waals surface area contributed by atoms with Gasteiger partial charge in [-0.1, -0.05) is 13.8 Å². The number of rotatable bonds is 2. The highest BCUT2D eigenvalue weighted by Gasteiger charge is 1.99. The van der Waals surface area contributed by atoms with Crippen LogP contribution >= 0.6 is 27.3 Å². The summed E-state index contributed by atoms with van der Waals surface area (Å²) in [6.45, 7) is 4.48. The van der Waals surface area contributed by atoms with Gasteiger partial charge in [0.25, 0.3) is 0 Å². The summed E-state index contributed by atoms with van der Waals surface area (Å²) in [6.07, 6.45) is 1.20. The van der Waals surface area contributed by atoms with Gasteiger partial charge in [-0.15, -0.1) is 11.3 Å². The van der Waals surface area contributed by atoms with E-state index < -0.39 is 0 Å². The lowest BCUT2D eigenvalue weighted by atomic mass is 10.1. The smallest absolute Gasteiger partial charge is 0.0701 e. The van der Waals surface area contributed by atoms with Gasteiger partial charge in [0.2, 0.25) is 0 Å². The Morgan fingerprint density at radius 3 is 2.70 bits per heavy atom. The monoisotopic (exact) mass is 218 g/mol. The summed E-state index contributed by atoms with van der Waals surface area (Å²) in [6, 6.07) is 2.20. The summed E-state index contributed by atoms with van der Waals surface area (Å²) < 4.78 is 1.24. The molecule has 2 heteroatoms. The molecule has 0 N–H and O–H groups in total. The third-order valence-corrected chi connectivity index (χ3v) is 2.82. The van der Waals surface area contributed by atoms with Gasteiger partial charge in [0.05, 0.1) is 3.79 Å². The zero-order valence-corrected chi connectivity index (χ0v) is 8.63. The lowest BCUT2D eigenvalue weighted by Gasteiger charge is -1.99. The molecule has 1 aromatic rings. The molecule has 0 aromatic carbocycles. The molecule has 0 aliphatic rings. The van der Waals surface area contributed by atoms with E-state index in [1.54, 1.807) is 11.3 Å². The van der Waals surface area contributed by atoms with Gasteiger partial charge in [0.1, 0.15) is 0 Å². The minimum absolute atomic E-state index is 0.765. The predicted molar refractivity (Wildman–Crippen MR) is 50.6 cm³/mol. The summed E-state index contributed by atoms with van der Waals surface area (Å²) >= 11 is 5.20.